The molecule has 2 N–H and O–H groups in total. The Morgan fingerprint density at radius 1 is 1.37 bits per heavy atom. The number of nitrogens with one attached hydrogen (secondary N) is 2. The third-order valence-corrected chi connectivity index (χ3v) is 3.07. The van der Waals surface area contributed by atoms with Crippen LogP contribution < -0.4 is 14.2 Å². The number of urea groups is 1. The van der Waals surface area contributed by atoms with Gasteiger partial charge in [0, 0.05) is 32.4 Å². The van der Waals surface area contributed by atoms with Crippen LogP contribution >= 0.6 is 0 Å². The summed E-state index contributed by atoms with van der Waals surface area (Å²) in [6.07, 6.45) is 0. The maximum atomic E-state index is 11.5. The van der Waals surface area contributed by atoms with Gasteiger partial charge in [0.2, 0.25) is 0 Å². The minimum Gasteiger partial charge on any atom is -0.371 e. The van der Waals surface area contributed by atoms with Gasteiger partial charge >= 0.3 is 16.3 Å². The molecule has 0 heterocycles. The number of amides is 2. The summed E-state index contributed by atoms with van der Waals surface area (Å²) < 4.78 is 29.8. The van der Waals surface area contributed by atoms with Gasteiger partial charge in [0.1, 0.15) is 5.75 Å². The highest BCUT2D eigenvalue weighted by atomic mass is 32.2. The standard InChI is InChI=1S/C11H17N3O4S/c1-4-12-19(16,17)18-10-7-5-6-9(8-10)13-11(15)14(2)3/h5-8,12H,4H2,1-3H3,(H,13,15). The van der Waals surface area contributed by atoms with E-state index in [0.717, 1.165) is 0 Å². The number of benzene rings is 1. The lowest BCUT2D eigenvalue weighted by Crippen LogP contribution is -2.28. The molecule has 0 radical (unpaired) electrons. The molecule has 0 fully saturated rings. The highest BCUT2D eigenvalue weighted by molar-refractivity contribution is 7.85. The number of rotatable bonds is 5. The zero-order valence-corrected chi connectivity index (χ0v) is 11.8. The molecule has 0 saturated heterocycles. The molecular formula is C11H17N3O4S. The van der Waals surface area contributed by atoms with Crippen LogP contribution in [0, 0.1) is 0 Å². The first-order valence-electron chi connectivity index (χ1n) is 5.61. The van der Waals surface area contributed by atoms with E-state index in [-0.39, 0.29) is 18.3 Å². The van der Waals surface area contributed by atoms with Gasteiger partial charge in [-0.3, -0.25) is 0 Å². The molecule has 0 aromatic heterocycles. The van der Waals surface area contributed by atoms with Crippen LogP contribution in [0.4, 0.5) is 10.5 Å². The molecule has 0 bridgehead atoms. The lowest BCUT2D eigenvalue weighted by Gasteiger charge is -2.13. The van der Waals surface area contributed by atoms with Gasteiger partial charge < -0.3 is 14.4 Å². The SMILES string of the molecule is CCNS(=O)(=O)Oc1cccc(NC(=O)N(C)C)c1. The molecule has 8 heteroatoms. The summed E-state index contributed by atoms with van der Waals surface area (Å²) in [6, 6.07) is 5.82. The molecule has 106 valence electrons. The molecule has 19 heavy (non-hydrogen) atoms. The Kier molecular flexibility index (Phi) is 5.13. The topological polar surface area (TPSA) is 87.7 Å². The van der Waals surface area contributed by atoms with Gasteiger partial charge in [-0.25, -0.2) is 4.79 Å². The van der Waals surface area contributed by atoms with Gasteiger partial charge in [0.25, 0.3) is 0 Å². The van der Waals surface area contributed by atoms with Crippen LogP contribution in [0.1, 0.15) is 6.92 Å². The molecule has 1 aromatic rings. The Labute approximate surface area is 112 Å². The second-order valence-electron chi connectivity index (χ2n) is 3.89. The largest absolute Gasteiger partial charge is 0.382 e. The van der Waals surface area contributed by atoms with E-state index in [9.17, 15) is 13.2 Å². The highest BCUT2D eigenvalue weighted by Gasteiger charge is 2.11. The highest BCUT2D eigenvalue weighted by Crippen LogP contribution is 2.18. The predicted molar refractivity (Wildman–Crippen MR) is 72.4 cm³/mol. The summed E-state index contributed by atoms with van der Waals surface area (Å²) in [5.74, 6) is 0.123. The van der Waals surface area contributed by atoms with Gasteiger partial charge in [0.15, 0.2) is 0 Å². The maximum absolute atomic E-state index is 11.5. The summed E-state index contributed by atoms with van der Waals surface area (Å²) in [5.41, 5.74) is 0.447. The molecule has 0 atom stereocenters. The molecule has 0 unspecified atom stereocenters. The van der Waals surface area contributed by atoms with Crippen molar-refractivity contribution in [2.45, 2.75) is 6.92 Å². The fourth-order valence-corrected chi connectivity index (χ4v) is 1.96. The van der Waals surface area contributed by atoms with Crippen LogP contribution in [0.2, 0.25) is 0 Å². The molecule has 1 rings (SSSR count). The number of carbonyl (C=O) groups excluding carboxylic acids is 1. The van der Waals surface area contributed by atoms with E-state index in [1.807, 2.05) is 0 Å². The van der Waals surface area contributed by atoms with E-state index >= 15 is 0 Å². The molecule has 1 aromatic carbocycles. The van der Waals surface area contributed by atoms with E-state index in [1.54, 1.807) is 33.2 Å². The molecule has 0 saturated carbocycles. The Morgan fingerprint density at radius 3 is 2.63 bits per heavy atom. The van der Waals surface area contributed by atoms with Crippen molar-refractivity contribution >= 4 is 22.0 Å². The second kappa shape index (κ2) is 6.39. The van der Waals surface area contributed by atoms with Gasteiger partial charge in [-0.05, 0) is 12.1 Å². The van der Waals surface area contributed by atoms with Crippen LogP contribution in [0.3, 0.4) is 0 Å². The normalized spacial score (nSPS) is 10.9. The van der Waals surface area contributed by atoms with Crippen molar-refractivity contribution in [2.75, 3.05) is 26.0 Å². The zero-order chi connectivity index (χ0) is 14.5. The third kappa shape index (κ3) is 5.14. The summed E-state index contributed by atoms with van der Waals surface area (Å²) in [5, 5.41) is 2.59. The Balaban J connectivity index is 2.80. The number of hydrogen-bond donors (Lipinski definition) is 2. The first-order valence-corrected chi connectivity index (χ1v) is 7.02. The van der Waals surface area contributed by atoms with E-state index in [0.29, 0.717) is 5.69 Å². The fraction of sp³-hybridized carbons (Fsp3) is 0.364. The first-order chi connectivity index (χ1) is 8.84. The van der Waals surface area contributed by atoms with E-state index in [1.165, 1.54) is 17.0 Å². The number of anilines is 1. The van der Waals surface area contributed by atoms with Gasteiger partial charge in [-0.1, -0.05) is 13.0 Å². The maximum Gasteiger partial charge on any atom is 0.382 e. The van der Waals surface area contributed by atoms with Crippen LogP contribution in [0.5, 0.6) is 5.75 Å². The smallest absolute Gasteiger partial charge is 0.371 e. The third-order valence-electron chi connectivity index (χ3n) is 2.02. The second-order valence-corrected chi connectivity index (χ2v) is 5.25. The molecule has 0 aliphatic rings. The summed E-state index contributed by atoms with van der Waals surface area (Å²) in [7, 11) is -0.614. The van der Waals surface area contributed by atoms with E-state index < -0.39 is 10.3 Å². The molecule has 0 spiro atoms. The van der Waals surface area contributed by atoms with Crippen molar-refractivity contribution in [1.29, 1.82) is 0 Å². The van der Waals surface area contributed by atoms with Crippen LogP contribution in [-0.4, -0.2) is 40.0 Å². The minimum atomic E-state index is -3.82. The molecule has 0 aliphatic carbocycles. The number of nitrogens with zero attached hydrogens (tertiary/aromatic N) is 1. The van der Waals surface area contributed by atoms with E-state index in [2.05, 4.69) is 10.0 Å². The van der Waals surface area contributed by atoms with Crippen molar-refractivity contribution in [3.05, 3.63) is 24.3 Å². The molecular weight excluding hydrogens is 270 g/mol. The summed E-state index contributed by atoms with van der Waals surface area (Å²) in [6.45, 7) is 1.88. The number of hydrogen-bond acceptors (Lipinski definition) is 4. The fourth-order valence-electron chi connectivity index (χ4n) is 1.19. The predicted octanol–water partition coefficient (Wildman–Crippen LogP) is 1.01. The lowest BCUT2D eigenvalue weighted by atomic mass is 10.3. The van der Waals surface area contributed by atoms with Crippen LogP contribution in [0.15, 0.2) is 24.3 Å². The van der Waals surface area contributed by atoms with Crippen molar-refractivity contribution in [2.24, 2.45) is 0 Å². The monoisotopic (exact) mass is 287 g/mol. The van der Waals surface area contributed by atoms with Crippen molar-refractivity contribution in [3.63, 3.8) is 0 Å². The van der Waals surface area contributed by atoms with Crippen LogP contribution in [-0.2, 0) is 10.3 Å². The van der Waals surface area contributed by atoms with Gasteiger partial charge in [0.05, 0.1) is 0 Å². The summed E-state index contributed by atoms with van der Waals surface area (Å²) in [4.78, 5) is 12.8. The van der Waals surface area contributed by atoms with Gasteiger partial charge in [-0.2, -0.15) is 13.1 Å². The average molecular weight is 287 g/mol. The lowest BCUT2D eigenvalue weighted by molar-refractivity contribution is 0.230. The molecule has 2 amide bonds. The zero-order valence-electron chi connectivity index (χ0n) is 11.0. The first kappa shape index (κ1) is 15.3. The van der Waals surface area contributed by atoms with Crippen LogP contribution in [0.25, 0.3) is 0 Å². The minimum absolute atomic E-state index is 0.123. The molecule has 0 aliphatic heterocycles. The molecule has 7 nitrogen and oxygen atoms in total. The number of carbonyl (C=O) groups is 1. The quantitative estimate of drug-likeness (QED) is 0.846. The van der Waals surface area contributed by atoms with E-state index in [4.69, 9.17) is 4.18 Å². The van der Waals surface area contributed by atoms with Crippen molar-refractivity contribution in [1.82, 2.24) is 9.62 Å². The average Bonchev–Trinajstić information content (AvgIpc) is 2.28. The van der Waals surface area contributed by atoms with Crippen molar-refractivity contribution in [3.8, 4) is 5.75 Å². The Bertz CT molecular complexity index is 543. The summed E-state index contributed by atoms with van der Waals surface area (Å²) >= 11 is 0. The van der Waals surface area contributed by atoms with Crippen molar-refractivity contribution < 1.29 is 17.4 Å². The Morgan fingerprint density at radius 2 is 2.05 bits per heavy atom. The van der Waals surface area contributed by atoms with Gasteiger partial charge in [-0.15, -0.1) is 0 Å². The Hall–Kier alpha value is -1.80.